The minimum atomic E-state index is -1.24. The zero-order valence-electron chi connectivity index (χ0n) is 7.14. The monoisotopic (exact) mass is 200 g/mol. The Bertz CT molecular complexity index is 399. The number of rotatable bonds is 2. The summed E-state index contributed by atoms with van der Waals surface area (Å²) in [5.41, 5.74) is -0.802. The molecule has 0 aliphatic heterocycles. The third-order valence-electron chi connectivity index (χ3n) is 1.50. The first-order valence-electron chi connectivity index (χ1n) is 3.41. The fourth-order valence-corrected chi connectivity index (χ4v) is 1.39. The van der Waals surface area contributed by atoms with Gasteiger partial charge in [-0.25, -0.2) is 9.78 Å². The predicted molar refractivity (Wildman–Crippen MR) is 48.2 cm³/mol. The van der Waals surface area contributed by atoms with E-state index in [1.807, 2.05) is 0 Å². The summed E-state index contributed by atoms with van der Waals surface area (Å²) in [5, 5.41) is 8.98. The highest BCUT2D eigenvalue weighted by Crippen LogP contribution is 2.12. The van der Waals surface area contributed by atoms with Crippen molar-refractivity contribution < 1.29 is 9.90 Å². The summed E-state index contributed by atoms with van der Waals surface area (Å²) in [6.45, 7) is 0. The zero-order chi connectivity index (χ0) is 10.0. The molecule has 0 saturated heterocycles. The molecule has 1 rings (SSSR count). The topological polar surface area (TPSA) is 72.2 Å². The summed E-state index contributed by atoms with van der Waals surface area (Å²) in [7, 11) is 1.46. The van der Waals surface area contributed by atoms with Crippen molar-refractivity contribution in [3.8, 4) is 0 Å². The fourth-order valence-electron chi connectivity index (χ4n) is 0.862. The number of thioether (sulfide) groups is 1. The quantitative estimate of drug-likeness (QED) is 0.545. The number of hydrogen-bond donors (Lipinski definition) is 1. The van der Waals surface area contributed by atoms with Gasteiger partial charge in [-0.3, -0.25) is 4.79 Å². The van der Waals surface area contributed by atoms with E-state index in [0.717, 1.165) is 16.3 Å². The number of carboxylic acids is 1. The minimum Gasteiger partial charge on any atom is -0.477 e. The van der Waals surface area contributed by atoms with Gasteiger partial charge in [0.2, 0.25) is 0 Å². The van der Waals surface area contributed by atoms with E-state index < -0.39 is 11.5 Å². The molecule has 70 valence electrons. The first kappa shape index (κ1) is 9.79. The predicted octanol–water partition coefficient (Wildman–Crippen LogP) is 0.200. The van der Waals surface area contributed by atoms with Crippen LogP contribution in [0.15, 0.2) is 16.1 Å². The molecule has 5 nitrogen and oxygen atoms in total. The summed E-state index contributed by atoms with van der Waals surface area (Å²) in [6.07, 6.45) is 2.98. The van der Waals surface area contributed by atoms with Crippen molar-refractivity contribution in [1.29, 1.82) is 0 Å². The van der Waals surface area contributed by atoms with Crippen LogP contribution in [0.5, 0.6) is 0 Å². The SMILES string of the molecule is CSc1ncn(C)c(=O)c1C(=O)O. The average Bonchev–Trinajstić information content (AvgIpc) is 2.08. The van der Waals surface area contributed by atoms with Gasteiger partial charge in [0.25, 0.3) is 5.56 Å². The molecule has 0 radical (unpaired) electrons. The van der Waals surface area contributed by atoms with Crippen molar-refractivity contribution in [2.75, 3.05) is 6.26 Å². The largest absolute Gasteiger partial charge is 0.477 e. The number of aromatic nitrogens is 2. The maximum atomic E-state index is 11.3. The van der Waals surface area contributed by atoms with Crippen molar-refractivity contribution >= 4 is 17.7 Å². The summed E-state index contributed by atoms with van der Waals surface area (Å²) in [5.74, 6) is -1.24. The Kier molecular flexibility index (Phi) is 2.72. The Morgan fingerprint density at radius 3 is 2.77 bits per heavy atom. The van der Waals surface area contributed by atoms with Crippen LogP contribution in [-0.4, -0.2) is 26.9 Å². The second kappa shape index (κ2) is 3.61. The van der Waals surface area contributed by atoms with Crippen LogP contribution in [0.2, 0.25) is 0 Å². The van der Waals surface area contributed by atoms with Gasteiger partial charge in [-0.1, -0.05) is 0 Å². The highest BCUT2D eigenvalue weighted by Gasteiger charge is 2.16. The van der Waals surface area contributed by atoms with Crippen LogP contribution in [-0.2, 0) is 7.05 Å². The zero-order valence-corrected chi connectivity index (χ0v) is 7.96. The van der Waals surface area contributed by atoms with Crippen molar-refractivity contribution in [3.63, 3.8) is 0 Å². The van der Waals surface area contributed by atoms with E-state index in [2.05, 4.69) is 4.98 Å². The van der Waals surface area contributed by atoms with Gasteiger partial charge < -0.3 is 9.67 Å². The highest BCUT2D eigenvalue weighted by molar-refractivity contribution is 7.98. The van der Waals surface area contributed by atoms with Gasteiger partial charge in [0.15, 0.2) is 5.56 Å². The molecule has 6 heteroatoms. The van der Waals surface area contributed by atoms with Crippen LogP contribution in [0.3, 0.4) is 0 Å². The van der Waals surface area contributed by atoms with Gasteiger partial charge in [-0.15, -0.1) is 11.8 Å². The van der Waals surface area contributed by atoms with E-state index in [1.165, 1.54) is 13.4 Å². The molecule has 1 aromatic heterocycles. The van der Waals surface area contributed by atoms with Gasteiger partial charge in [-0.05, 0) is 6.26 Å². The number of aryl methyl sites for hydroxylation is 1. The molecule has 13 heavy (non-hydrogen) atoms. The Morgan fingerprint density at radius 1 is 1.69 bits per heavy atom. The van der Waals surface area contributed by atoms with Crippen molar-refractivity contribution in [1.82, 2.24) is 9.55 Å². The summed E-state index contributed by atoms with van der Waals surface area (Å²) >= 11 is 1.14. The van der Waals surface area contributed by atoms with E-state index >= 15 is 0 Å². The molecule has 1 aromatic rings. The van der Waals surface area contributed by atoms with Gasteiger partial charge in [-0.2, -0.15) is 0 Å². The average molecular weight is 200 g/mol. The Morgan fingerprint density at radius 2 is 2.31 bits per heavy atom. The lowest BCUT2D eigenvalue weighted by atomic mass is 10.3. The molecule has 0 amide bonds. The standard InChI is InChI=1S/C7H8N2O3S/c1-9-3-8-5(13-2)4(6(9)10)7(11)12/h3H,1-2H3,(H,11,12). The van der Waals surface area contributed by atoms with Crippen LogP contribution >= 0.6 is 11.8 Å². The highest BCUT2D eigenvalue weighted by atomic mass is 32.2. The molecule has 0 spiro atoms. The molecule has 0 unspecified atom stereocenters. The molecule has 0 aromatic carbocycles. The normalized spacial score (nSPS) is 10.0. The second-order valence-electron chi connectivity index (χ2n) is 2.35. The Hall–Kier alpha value is -1.30. The van der Waals surface area contributed by atoms with E-state index in [-0.39, 0.29) is 10.6 Å². The lowest BCUT2D eigenvalue weighted by molar-refractivity contribution is 0.0689. The van der Waals surface area contributed by atoms with E-state index in [1.54, 1.807) is 6.26 Å². The van der Waals surface area contributed by atoms with Crippen LogP contribution in [0.4, 0.5) is 0 Å². The third kappa shape index (κ3) is 1.72. The van der Waals surface area contributed by atoms with Crippen molar-refractivity contribution in [3.05, 3.63) is 22.2 Å². The molecular formula is C7H8N2O3S. The molecule has 0 saturated carbocycles. The van der Waals surface area contributed by atoms with E-state index in [4.69, 9.17) is 5.11 Å². The molecule has 1 N–H and O–H groups in total. The van der Waals surface area contributed by atoms with Crippen molar-refractivity contribution in [2.45, 2.75) is 5.03 Å². The smallest absolute Gasteiger partial charge is 0.344 e. The van der Waals surface area contributed by atoms with Gasteiger partial charge in [0.1, 0.15) is 5.03 Å². The summed E-state index contributed by atoms with van der Waals surface area (Å²) < 4.78 is 1.14. The van der Waals surface area contributed by atoms with Gasteiger partial charge in [0.05, 0.1) is 6.33 Å². The van der Waals surface area contributed by atoms with E-state index in [0.29, 0.717) is 0 Å². The van der Waals surface area contributed by atoms with Crippen molar-refractivity contribution in [2.24, 2.45) is 7.05 Å². The van der Waals surface area contributed by atoms with Crippen LogP contribution in [0.1, 0.15) is 10.4 Å². The molecule has 1 heterocycles. The fraction of sp³-hybridized carbons (Fsp3) is 0.286. The minimum absolute atomic E-state index is 0.246. The molecule has 0 aliphatic rings. The second-order valence-corrected chi connectivity index (χ2v) is 3.15. The van der Waals surface area contributed by atoms with Crippen LogP contribution in [0.25, 0.3) is 0 Å². The lowest BCUT2D eigenvalue weighted by Gasteiger charge is -2.02. The van der Waals surface area contributed by atoms with Gasteiger partial charge in [0, 0.05) is 7.05 Å². The summed E-state index contributed by atoms with van der Waals surface area (Å²) in [6, 6.07) is 0. The van der Waals surface area contributed by atoms with Crippen LogP contribution in [0, 0.1) is 0 Å². The number of carboxylic acid groups (broad SMARTS) is 1. The number of nitrogens with zero attached hydrogens (tertiary/aromatic N) is 2. The molecular weight excluding hydrogens is 192 g/mol. The number of carbonyl (C=O) groups is 1. The first-order chi connectivity index (χ1) is 6.07. The van der Waals surface area contributed by atoms with Gasteiger partial charge >= 0.3 is 5.97 Å². The van der Waals surface area contributed by atoms with Crippen LogP contribution < -0.4 is 5.56 Å². The maximum Gasteiger partial charge on any atom is 0.344 e. The molecule has 0 aliphatic carbocycles. The summed E-state index contributed by atoms with van der Waals surface area (Å²) in [4.78, 5) is 25.8. The molecule has 0 fully saturated rings. The Balaban J connectivity index is 3.51. The number of aromatic carboxylic acids is 1. The first-order valence-corrected chi connectivity index (χ1v) is 4.63. The maximum absolute atomic E-state index is 11.3. The lowest BCUT2D eigenvalue weighted by Crippen LogP contribution is -2.25. The molecule has 0 atom stereocenters. The third-order valence-corrected chi connectivity index (χ3v) is 2.20. The molecule has 0 bridgehead atoms. The number of hydrogen-bond acceptors (Lipinski definition) is 4. The van der Waals surface area contributed by atoms with E-state index in [9.17, 15) is 9.59 Å². The Labute approximate surface area is 78.4 Å².